The average molecular weight is 433 g/mol. The zero-order chi connectivity index (χ0) is 22.5. The summed E-state index contributed by atoms with van der Waals surface area (Å²) in [6.07, 6.45) is 3.08. The molecular formula is C25H24FN3O3. The average Bonchev–Trinajstić information content (AvgIpc) is 2.82. The molecule has 2 atom stereocenters. The number of nitrogens with one attached hydrogen (secondary N) is 1. The first-order valence-electron chi connectivity index (χ1n) is 10.5. The van der Waals surface area contributed by atoms with Crippen LogP contribution in [0.4, 0.5) is 4.39 Å². The predicted octanol–water partition coefficient (Wildman–Crippen LogP) is 3.22. The summed E-state index contributed by atoms with van der Waals surface area (Å²) < 4.78 is 18.8. The van der Waals surface area contributed by atoms with Crippen LogP contribution in [0.2, 0.25) is 0 Å². The quantitative estimate of drug-likeness (QED) is 0.648. The van der Waals surface area contributed by atoms with Crippen LogP contribution in [0.3, 0.4) is 0 Å². The molecule has 1 aliphatic rings. The molecule has 1 N–H and O–H groups in total. The third-order valence-electron chi connectivity index (χ3n) is 5.44. The standard InChI is InChI=1S/C25H24FN3O3/c1-17(32-22-9-7-21(26)8-10-22)25(31)29-13-12-28-24(30)23(29)15-18-4-2-5-19(14-18)20-6-3-11-27-16-20/h2-11,14,16-17,23H,12-13,15H2,1H3,(H,28,30)/t17-,23+/m1/s1. The monoisotopic (exact) mass is 433 g/mol. The summed E-state index contributed by atoms with van der Waals surface area (Å²) in [7, 11) is 0. The van der Waals surface area contributed by atoms with Crippen LogP contribution in [-0.2, 0) is 16.0 Å². The molecule has 0 saturated carbocycles. The molecule has 1 saturated heterocycles. The molecule has 2 aromatic carbocycles. The molecule has 0 radical (unpaired) electrons. The Hall–Kier alpha value is -3.74. The van der Waals surface area contributed by atoms with Crippen LogP contribution >= 0.6 is 0 Å². The lowest BCUT2D eigenvalue weighted by Gasteiger charge is -2.36. The number of rotatable bonds is 6. The maximum Gasteiger partial charge on any atom is 0.264 e. The fraction of sp³-hybridized carbons (Fsp3) is 0.240. The van der Waals surface area contributed by atoms with E-state index in [4.69, 9.17) is 4.74 Å². The number of hydrogen-bond acceptors (Lipinski definition) is 4. The van der Waals surface area contributed by atoms with Gasteiger partial charge in [0.1, 0.15) is 17.6 Å². The highest BCUT2D eigenvalue weighted by Gasteiger charge is 2.35. The molecule has 32 heavy (non-hydrogen) atoms. The summed E-state index contributed by atoms with van der Waals surface area (Å²) in [6.45, 7) is 2.42. The van der Waals surface area contributed by atoms with Crippen molar-refractivity contribution in [1.82, 2.24) is 15.2 Å². The van der Waals surface area contributed by atoms with E-state index in [1.807, 2.05) is 36.4 Å². The van der Waals surface area contributed by atoms with E-state index in [1.54, 1.807) is 24.2 Å². The fourth-order valence-electron chi connectivity index (χ4n) is 3.82. The van der Waals surface area contributed by atoms with Gasteiger partial charge < -0.3 is 15.0 Å². The molecule has 0 bridgehead atoms. The molecule has 2 amide bonds. The normalized spacial score (nSPS) is 16.9. The summed E-state index contributed by atoms with van der Waals surface area (Å²) in [4.78, 5) is 31.6. The van der Waals surface area contributed by atoms with E-state index in [9.17, 15) is 14.0 Å². The lowest BCUT2D eigenvalue weighted by atomic mass is 9.98. The molecule has 1 fully saturated rings. The summed E-state index contributed by atoms with van der Waals surface area (Å²) in [5.41, 5.74) is 2.92. The van der Waals surface area contributed by atoms with Crippen LogP contribution in [0.5, 0.6) is 5.75 Å². The van der Waals surface area contributed by atoms with Gasteiger partial charge in [0.25, 0.3) is 5.91 Å². The number of piperazine rings is 1. The lowest BCUT2D eigenvalue weighted by molar-refractivity contribution is -0.147. The summed E-state index contributed by atoms with van der Waals surface area (Å²) in [5.74, 6) is -0.449. The molecule has 0 spiro atoms. The van der Waals surface area contributed by atoms with Crippen molar-refractivity contribution in [3.8, 4) is 16.9 Å². The van der Waals surface area contributed by atoms with E-state index in [2.05, 4.69) is 10.3 Å². The molecule has 0 aliphatic carbocycles. The van der Waals surface area contributed by atoms with E-state index in [0.29, 0.717) is 25.3 Å². The minimum absolute atomic E-state index is 0.189. The van der Waals surface area contributed by atoms with Crippen LogP contribution in [0, 0.1) is 5.82 Å². The van der Waals surface area contributed by atoms with Crippen LogP contribution < -0.4 is 10.1 Å². The van der Waals surface area contributed by atoms with Crippen molar-refractivity contribution in [1.29, 1.82) is 0 Å². The lowest BCUT2D eigenvalue weighted by Crippen LogP contribution is -2.60. The first kappa shape index (κ1) is 21.5. The smallest absolute Gasteiger partial charge is 0.264 e. The molecule has 1 aromatic heterocycles. The Labute approximate surface area is 186 Å². The Morgan fingerprint density at radius 2 is 1.97 bits per heavy atom. The third-order valence-corrected chi connectivity index (χ3v) is 5.44. The highest BCUT2D eigenvalue weighted by atomic mass is 19.1. The fourth-order valence-corrected chi connectivity index (χ4v) is 3.82. The van der Waals surface area contributed by atoms with Crippen molar-refractivity contribution in [2.75, 3.05) is 13.1 Å². The highest BCUT2D eigenvalue weighted by Crippen LogP contribution is 2.22. The van der Waals surface area contributed by atoms with Gasteiger partial charge in [-0.1, -0.05) is 30.3 Å². The van der Waals surface area contributed by atoms with Gasteiger partial charge in [-0.05, 0) is 53.9 Å². The van der Waals surface area contributed by atoms with E-state index < -0.39 is 12.1 Å². The largest absolute Gasteiger partial charge is 0.481 e. The Morgan fingerprint density at radius 3 is 2.72 bits per heavy atom. The molecule has 6 nitrogen and oxygen atoms in total. The van der Waals surface area contributed by atoms with Gasteiger partial charge >= 0.3 is 0 Å². The van der Waals surface area contributed by atoms with Gasteiger partial charge in [0.15, 0.2) is 6.10 Å². The topological polar surface area (TPSA) is 71.5 Å². The van der Waals surface area contributed by atoms with Crippen LogP contribution in [0.25, 0.3) is 11.1 Å². The molecule has 1 aliphatic heterocycles. The number of pyridine rings is 1. The van der Waals surface area contributed by atoms with Gasteiger partial charge in [0.2, 0.25) is 5.91 Å². The second kappa shape index (κ2) is 9.60. The van der Waals surface area contributed by atoms with Crippen molar-refractivity contribution in [2.45, 2.75) is 25.5 Å². The number of aromatic nitrogens is 1. The Morgan fingerprint density at radius 1 is 1.19 bits per heavy atom. The second-order valence-electron chi connectivity index (χ2n) is 7.70. The van der Waals surface area contributed by atoms with Crippen LogP contribution in [-0.4, -0.2) is 46.9 Å². The van der Waals surface area contributed by atoms with E-state index >= 15 is 0 Å². The molecular weight excluding hydrogens is 409 g/mol. The predicted molar refractivity (Wildman–Crippen MR) is 118 cm³/mol. The Bertz CT molecular complexity index is 1090. The molecule has 2 heterocycles. The first-order valence-corrected chi connectivity index (χ1v) is 10.5. The van der Waals surface area contributed by atoms with Crippen molar-refractivity contribution in [3.63, 3.8) is 0 Å². The second-order valence-corrected chi connectivity index (χ2v) is 7.70. The highest BCUT2D eigenvalue weighted by molar-refractivity contribution is 5.90. The van der Waals surface area contributed by atoms with Crippen molar-refractivity contribution < 1.29 is 18.7 Å². The minimum Gasteiger partial charge on any atom is -0.481 e. The van der Waals surface area contributed by atoms with Crippen LogP contribution in [0.1, 0.15) is 12.5 Å². The maximum atomic E-state index is 13.1. The molecule has 7 heteroatoms. The van der Waals surface area contributed by atoms with Crippen LogP contribution in [0.15, 0.2) is 73.1 Å². The molecule has 164 valence electrons. The number of carbonyl (C=O) groups excluding carboxylic acids is 2. The van der Waals surface area contributed by atoms with E-state index in [-0.39, 0.29) is 17.6 Å². The molecule has 0 unspecified atom stereocenters. The molecule has 4 rings (SSSR count). The van der Waals surface area contributed by atoms with Gasteiger partial charge in [0.05, 0.1) is 0 Å². The summed E-state index contributed by atoms with van der Waals surface area (Å²) in [6, 6.07) is 16.6. The summed E-state index contributed by atoms with van der Waals surface area (Å²) >= 11 is 0. The van der Waals surface area contributed by atoms with E-state index in [1.165, 1.54) is 24.3 Å². The Kier molecular flexibility index (Phi) is 6.44. The van der Waals surface area contributed by atoms with Crippen molar-refractivity contribution >= 4 is 11.8 Å². The number of benzene rings is 2. The van der Waals surface area contributed by atoms with E-state index in [0.717, 1.165) is 16.7 Å². The number of ether oxygens (including phenoxy) is 1. The summed E-state index contributed by atoms with van der Waals surface area (Å²) in [5, 5.41) is 2.85. The number of halogens is 1. The third kappa shape index (κ3) is 4.94. The van der Waals surface area contributed by atoms with Gasteiger partial charge in [-0.3, -0.25) is 14.6 Å². The van der Waals surface area contributed by atoms with Crippen molar-refractivity contribution in [2.24, 2.45) is 0 Å². The number of carbonyl (C=O) groups is 2. The van der Waals surface area contributed by atoms with Gasteiger partial charge in [0, 0.05) is 31.9 Å². The minimum atomic E-state index is -0.810. The van der Waals surface area contributed by atoms with Gasteiger partial charge in [-0.25, -0.2) is 4.39 Å². The zero-order valence-electron chi connectivity index (χ0n) is 17.7. The number of nitrogens with zero attached hydrogens (tertiary/aromatic N) is 2. The molecule has 3 aromatic rings. The van der Waals surface area contributed by atoms with Gasteiger partial charge in [-0.2, -0.15) is 0 Å². The number of amides is 2. The maximum absolute atomic E-state index is 13.1. The zero-order valence-corrected chi connectivity index (χ0v) is 17.7. The Balaban J connectivity index is 1.51. The first-order chi connectivity index (χ1) is 15.5. The SMILES string of the molecule is C[C@@H](Oc1ccc(F)cc1)C(=O)N1CCNC(=O)[C@@H]1Cc1cccc(-c2cccnc2)c1. The van der Waals surface area contributed by atoms with Gasteiger partial charge in [-0.15, -0.1) is 0 Å². The number of hydrogen-bond donors (Lipinski definition) is 1. The van der Waals surface area contributed by atoms with Crippen molar-refractivity contribution in [3.05, 3.63) is 84.4 Å².